The first-order valence-corrected chi connectivity index (χ1v) is 24.3. The van der Waals surface area contributed by atoms with Crippen molar-refractivity contribution in [1.29, 1.82) is 0 Å². The molecule has 3 aromatic rings. The lowest BCUT2D eigenvalue weighted by Crippen LogP contribution is -2.39. The summed E-state index contributed by atoms with van der Waals surface area (Å²) < 4.78 is 0. The highest BCUT2D eigenvalue weighted by molar-refractivity contribution is 7.98. The van der Waals surface area contributed by atoms with Gasteiger partial charge >= 0.3 is 53.7 Å². The standard InChI is InChI=1S/C11H12N2O2.C6H9N3O2.C6H13NO2.C5H11NO2S.C5H11NO2.C4H9NO3.C3H7NO3.C3H7NO2.C2H5NO2/c12-9(11(14)15)5-7-6-13-10-4-2-1-3-8(7)10;7-5(6(10)11)1-4-2-8-3-9-4;1-3-4(2)5(7)6(8)9;1-9-3-2-4(6)5(7)8;1-3(2)4(6)5(7)8;1-2(6)3(5)4(7)8;4-2(1-5)3(6)7;1-2(4)3(5)6;3-1-2(4)5/h1-4,6,9,13H,5,12H2,(H,14,15);2-3,5H,1,7H2,(H,8,9)(H,10,11);4-5H,3,7H2,1-2H3,(H,8,9);4H,2-3,6H2,1H3,(H,7,8);3-4H,6H2,1-2H3,(H,7,8);2-3,6H,5H2,1H3,(H,7,8);2,5H,1,4H2,(H,6,7);2H,4H2,1H3,(H,5,6);1,3H2,(H,4,5). The molecule has 0 radical (unpaired) electrons. The average Bonchev–Trinajstić information content (AvgIpc) is 4.05. The molecule has 0 bridgehead atoms. The largest absolute Gasteiger partial charge is 0.480 e. The number of carbonyl (C=O) groups is 9. The Kier molecular flexibility index (Phi) is 51.2. The summed E-state index contributed by atoms with van der Waals surface area (Å²) in [5.74, 6) is -8.11. The second-order valence-corrected chi connectivity index (χ2v) is 17.3. The summed E-state index contributed by atoms with van der Waals surface area (Å²) in [6, 6.07) is 0.953. The number of para-hydroxylation sites is 1. The third-order valence-electron chi connectivity index (χ3n) is 9.12. The van der Waals surface area contributed by atoms with E-state index in [1.165, 1.54) is 20.2 Å². The number of aliphatic hydroxyl groups is 2. The smallest absolute Gasteiger partial charge is 0.323 e. The summed E-state index contributed by atoms with van der Waals surface area (Å²) >= 11 is 1.60. The number of nitrogens with one attached hydrogen (secondary N) is 2. The van der Waals surface area contributed by atoms with Gasteiger partial charge in [-0.3, -0.25) is 43.2 Å². The Labute approximate surface area is 454 Å². The van der Waals surface area contributed by atoms with Crippen LogP contribution in [0.5, 0.6) is 0 Å². The van der Waals surface area contributed by atoms with Crippen LogP contribution in [0.25, 0.3) is 10.9 Å². The number of imidazole rings is 1. The number of rotatable bonds is 21. The summed E-state index contributed by atoms with van der Waals surface area (Å²) in [6.07, 6.45) is 7.81. The summed E-state index contributed by atoms with van der Waals surface area (Å²) in [5.41, 5.74) is 48.1. The number of aromatic nitrogens is 3. The highest BCUT2D eigenvalue weighted by Crippen LogP contribution is 2.18. The van der Waals surface area contributed by atoms with Gasteiger partial charge in [0.1, 0.15) is 48.3 Å². The van der Waals surface area contributed by atoms with Crippen molar-refractivity contribution < 1.29 is 99.3 Å². The van der Waals surface area contributed by atoms with Crippen molar-refractivity contribution in [1.82, 2.24) is 15.0 Å². The molecule has 0 amide bonds. The van der Waals surface area contributed by atoms with Gasteiger partial charge in [-0.05, 0) is 55.7 Å². The summed E-state index contributed by atoms with van der Waals surface area (Å²) in [4.78, 5) is 99.1. The van der Waals surface area contributed by atoms with Crippen LogP contribution in [0.3, 0.4) is 0 Å². The summed E-state index contributed by atoms with van der Waals surface area (Å²) in [7, 11) is 0. The molecular formula is C45H84N12O20S. The molecule has 0 aliphatic heterocycles. The molecule has 2 aromatic heterocycles. The number of nitrogens with two attached hydrogens (primary N) is 9. The minimum atomic E-state index is -1.18. The van der Waals surface area contributed by atoms with E-state index in [1.54, 1.807) is 31.8 Å². The van der Waals surface area contributed by atoms with Crippen LogP contribution in [-0.4, -0.2) is 204 Å². The van der Waals surface area contributed by atoms with Gasteiger partial charge in [0.05, 0.1) is 25.6 Å². The molecule has 0 aliphatic carbocycles. The number of aliphatic hydroxyl groups excluding tert-OH is 2. The number of aromatic amines is 2. The van der Waals surface area contributed by atoms with Crippen LogP contribution in [0.2, 0.25) is 0 Å². The zero-order chi connectivity index (χ0) is 62.6. The normalized spacial score (nSPS) is 13.7. The number of hydrogen-bond acceptors (Lipinski definition) is 22. The Balaban J connectivity index is -0.000000191. The fourth-order valence-corrected chi connectivity index (χ4v) is 4.27. The minimum absolute atomic E-state index is 0.0208. The van der Waals surface area contributed by atoms with E-state index < -0.39 is 115 Å². The molecule has 32 nitrogen and oxygen atoms in total. The van der Waals surface area contributed by atoms with Crippen molar-refractivity contribution in [2.45, 2.75) is 122 Å². The Morgan fingerprint density at radius 1 is 0.603 bits per heavy atom. The lowest BCUT2D eigenvalue weighted by atomic mass is 10.0. The van der Waals surface area contributed by atoms with E-state index in [2.05, 4.69) is 20.7 Å². The number of fused-ring (bicyclic) bond motifs is 1. The molecule has 3 rings (SSSR count). The molecule has 0 saturated carbocycles. The second kappa shape index (κ2) is 48.5. The summed E-state index contributed by atoms with van der Waals surface area (Å²) in [6.45, 7) is 9.28. The van der Waals surface area contributed by atoms with Gasteiger partial charge in [0.15, 0.2) is 0 Å². The second-order valence-electron chi connectivity index (χ2n) is 16.3. The predicted molar refractivity (Wildman–Crippen MR) is 288 cm³/mol. The highest BCUT2D eigenvalue weighted by Gasteiger charge is 2.19. The van der Waals surface area contributed by atoms with Gasteiger partial charge in [-0.25, -0.2) is 4.98 Å². The van der Waals surface area contributed by atoms with Crippen LogP contribution in [0.1, 0.15) is 65.6 Å². The van der Waals surface area contributed by atoms with Gasteiger partial charge in [0.2, 0.25) is 0 Å². The van der Waals surface area contributed by atoms with E-state index in [-0.39, 0.29) is 24.8 Å². The number of thioether (sulfide) groups is 1. The SMILES string of the molecule is CC(C)C(N)C(=O)O.CC(N)C(=O)O.CC(O)C(N)C(=O)O.CCC(C)C(N)C(=O)O.CSCCC(N)C(=O)O.NC(CO)C(=O)O.NC(Cc1c[nH]c2ccccc12)C(=O)O.NC(Cc1cnc[nH]1)C(=O)O.NCC(=O)O. The van der Waals surface area contributed by atoms with Crippen LogP contribution < -0.4 is 51.6 Å². The topological polar surface area (TPSA) is 655 Å². The summed E-state index contributed by atoms with van der Waals surface area (Å²) in [5, 5.41) is 90.9. The van der Waals surface area contributed by atoms with Gasteiger partial charge in [-0.2, -0.15) is 11.8 Å². The quantitative estimate of drug-likeness (QED) is 0.0498. The van der Waals surface area contributed by atoms with Crippen LogP contribution in [0.15, 0.2) is 43.0 Å². The van der Waals surface area contributed by atoms with Crippen molar-refractivity contribution in [3.8, 4) is 0 Å². The molecule has 2 heterocycles. The van der Waals surface area contributed by atoms with Gasteiger partial charge in [0.25, 0.3) is 0 Å². The number of carboxylic acid groups (broad SMARTS) is 9. The Hall–Kier alpha value is -6.89. The van der Waals surface area contributed by atoms with Crippen molar-refractivity contribution in [2.24, 2.45) is 63.4 Å². The number of aliphatic carboxylic acids is 9. The van der Waals surface area contributed by atoms with Gasteiger partial charge < -0.3 is 118 Å². The van der Waals surface area contributed by atoms with E-state index in [1.807, 2.05) is 50.6 Å². The Bertz CT molecular complexity index is 2110. The number of carboxylic acids is 9. The minimum Gasteiger partial charge on any atom is -0.480 e. The average molecular weight is 1150 g/mol. The molecule has 0 aliphatic rings. The van der Waals surface area contributed by atoms with Crippen LogP contribution in [0, 0.1) is 11.8 Å². The molecular weight excluding hydrogens is 1060 g/mol. The maximum absolute atomic E-state index is 10.6. The van der Waals surface area contributed by atoms with Crippen LogP contribution in [-0.2, 0) is 56.0 Å². The van der Waals surface area contributed by atoms with E-state index in [0.717, 1.165) is 34.3 Å². The monoisotopic (exact) mass is 1140 g/mol. The lowest BCUT2D eigenvalue weighted by molar-refractivity contribution is -0.141. The molecule has 10 atom stereocenters. The maximum atomic E-state index is 10.6. The number of nitrogens with zero attached hydrogens (tertiary/aromatic N) is 1. The Morgan fingerprint density at radius 2 is 1.03 bits per heavy atom. The first-order chi connectivity index (χ1) is 35.9. The molecule has 0 spiro atoms. The van der Waals surface area contributed by atoms with E-state index in [4.69, 9.17) is 102 Å². The van der Waals surface area contributed by atoms with Crippen molar-refractivity contribution in [3.05, 3.63) is 54.2 Å². The predicted octanol–water partition coefficient (Wildman–Crippen LogP) is -3.25. The molecule has 10 unspecified atom stereocenters. The fraction of sp³-hybridized carbons (Fsp3) is 0.556. The van der Waals surface area contributed by atoms with E-state index in [0.29, 0.717) is 12.8 Å². The van der Waals surface area contributed by atoms with Crippen molar-refractivity contribution >= 4 is 76.4 Å². The van der Waals surface area contributed by atoms with Crippen molar-refractivity contribution in [2.75, 3.05) is 25.2 Å². The lowest BCUT2D eigenvalue weighted by Gasteiger charge is -2.11. The highest BCUT2D eigenvalue weighted by atomic mass is 32.2. The molecule has 450 valence electrons. The third kappa shape index (κ3) is 47.6. The zero-order valence-electron chi connectivity index (χ0n) is 44.5. The van der Waals surface area contributed by atoms with Gasteiger partial charge in [-0.1, -0.05) is 52.3 Å². The first kappa shape index (κ1) is 82.5. The third-order valence-corrected chi connectivity index (χ3v) is 9.77. The number of benzene rings is 1. The molecule has 1 aromatic carbocycles. The molecule has 78 heavy (non-hydrogen) atoms. The molecule has 0 saturated heterocycles. The fourth-order valence-electron chi connectivity index (χ4n) is 3.78. The van der Waals surface area contributed by atoms with Crippen molar-refractivity contribution in [3.63, 3.8) is 0 Å². The number of hydrogen-bond donors (Lipinski definition) is 22. The van der Waals surface area contributed by atoms with Crippen LogP contribution >= 0.6 is 11.8 Å². The maximum Gasteiger partial charge on any atom is 0.323 e. The number of H-pyrrole nitrogens is 2. The molecule has 0 fully saturated rings. The first-order valence-electron chi connectivity index (χ1n) is 22.9. The zero-order valence-corrected chi connectivity index (χ0v) is 45.3. The van der Waals surface area contributed by atoms with Gasteiger partial charge in [0, 0.05) is 41.8 Å². The Morgan fingerprint density at radius 3 is 1.28 bits per heavy atom. The van der Waals surface area contributed by atoms with E-state index >= 15 is 0 Å². The molecule has 33 heteroatoms. The molecule has 31 N–H and O–H groups in total. The van der Waals surface area contributed by atoms with Gasteiger partial charge in [-0.15, -0.1) is 0 Å². The van der Waals surface area contributed by atoms with Crippen LogP contribution in [0.4, 0.5) is 0 Å². The van der Waals surface area contributed by atoms with E-state index in [9.17, 15) is 43.2 Å².